The van der Waals surface area contributed by atoms with E-state index < -0.39 is 0 Å². The number of fused-ring (bicyclic) bond motifs is 1. The van der Waals surface area contributed by atoms with Gasteiger partial charge in [-0.25, -0.2) is 4.98 Å². The zero-order valence-corrected chi connectivity index (χ0v) is 11.7. The van der Waals surface area contributed by atoms with Gasteiger partial charge in [-0.1, -0.05) is 0 Å². The monoisotopic (exact) mass is 284 g/mol. The first-order chi connectivity index (χ1) is 10.2. The second kappa shape index (κ2) is 5.32. The molecule has 0 unspecified atom stereocenters. The average molecular weight is 284 g/mol. The quantitative estimate of drug-likeness (QED) is 0.716. The van der Waals surface area contributed by atoms with Gasteiger partial charge >= 0.3 is 0 Å². The molecule has 0 atom stereocenters. The topological polar surface area (TPSA) is 88.2 Å². The maximum Gasteiger partial charge on any atom is 0.260 e. The van der Waals surface area contributed by atoms with Gasteiger partial charge in [0, 0.05) is 12.2 Å². The van der Waals surface area contributed by atoms with Crippen molar-refractivity contribution in [1.29, 1.82) is 0 Å². The van der Waals surface area contributed by atoms with Crippen LogP contribution in [0, 0.1) is 0 Å². The Morgan fingerprint density at radius 1 is 1.38 bits per heavy atom. The molecule has 6 heteroatoms. The summed E-state index contributed by atoms with van der Waals surface area (Å²) in [6, 6.07) is 8.85. The van der Waals surface area contributed by atoms with Gasteiger partial charge in [-0.15, -0.1) is 0 Å². The van der Waals surface area contributed by atoms with E-state index in [0.29, 0.717) is 35.6 Å². The van der Waals surface area contributed by atoms with Crippen LogP contribution < -0.4 is 16.2 Å². The SMILES string of the molecule is CCN(Cc1ccco1)c1nc2ccc(N)cc2c(=O)[nH]1. The summed E-state index contributed by atoms with van der Waals surface area (Å²) < 4.78 is 5.34. The van der Waals surface area contributed by atoms with Crippen molar-refractivity contribution in [3.05, 3.63) is 52.7 Å². The molecule has 0 aliphatic carbocycles. The van der Waals surface area contributed by atoms with Gasteiger partial charge in [0.25, 0.3) is 5.56 Å². The summed E-state index contributed by atoms with van der Waals surface area (Å²) in [6.07, 6.45) is 1.63. The lowest BCUT2D eigenvalue weighted by Gasteiger charge is -2.20. The van der Waals surface area contributed by atoms with Crippen molar-refractivity contribution in [3.63, 3.8) is 0 Å². The lowest BCUT2D eigenvalue weighted by molar-refractivity contribution is 0.502. The van der Waals surface area contributed by atoms with E-state index in [9.17, 15) is 4.79 Å². The van der Waals surface area contributed by atoms with Crippen molar-refractivity contribution in [2.24, 2.45) is 0 Å². The van der Waals surface area contributed by atoms with Gasteiger partial charge in [0.15, 0.2) is 0 Å². The van der Waals surface area contributed by atoms with Gasteiger partial charge in [-0.05, 0) is 37.3 Å². The molecule has 3 N–H and O–H groups in total. The summed E-state index contributed by atoms with van der Waals surface area (Å²) in [5.74, 6) is 1.34. The Morgan fingerprint density at radius 3 is 2.95 bits per heavy atom. The minimum Gasteiger partial charge on any atom is -0.467 e. The van der Waals surface area contributed by atoms with Crippen molar-refractivity contribution in [2.75, 3.05) is 17.2 Å². The number of furan rings is 1. The normalized spacial score (nSPS) is 10.9. The second-order valence-corrected chi connectivity index (χ2v) is 4.76. The number of nitrogens with two attached hydrogens (primary N) is 1. The molecule has 0 saturated heterocycles. The molecule has 3 rings (SSSR count). The molecular formula is C15H16N4O2. The van der Waals surface area contributed by atoms with Crippen LogP contribution in [0.1, 0.15) is 12.7 Å². The Morgan fingerprint density at radius 2 is 2.24 bits per heavy atom. The number of nitrogen functional groups attached to an aromatic ring is 1. The molecule has 2 heterocycles. The average Bonchev–Trinajstić information content (AvgIpc) is 2.98. The van der Waals surface area contributed by atoms with Gasteiger partial charge in [-0.2, -0.15) is 0 Å². The standard InChI is InChI=1S/C15H16N4O2/c1-2-19(9-11-4-3-7-21-11)15-17-13-6-5-10(16)8-12(13)14(20)18-15/h3-8H,2,9,16H2,1H3,(H,17,18,20). The number of hydrogen-bond donors (Lipinski definition) is 2. The van der Waals surface area contributed by atoms with E-state index >= 15 is 0 Å². The van der Waals surface area contributed by atoms with Crippen molar-refractivity contribution in [2.45, 2.75) is 13.5 Å². The molecule has 0 saturated carbocycles. The van der Waals surface area contributed by atoms with Gasteiger partial charge in [0.05, 0.1) is 23.7 Å². The number of aromatic nitrogens is 2. The molecule has 2 aromatic heterocycles. The fourth-order valence-corrected chi connectivity index (χ4v) is 2.22. The number of aromatic amines is 1. The van der Waals surface area contributed by atoms with Crippen LogP contribution in [0.3, 0.4) is 0 Å². The zero-order chi connectivity index (χ0) is 14.8. The van der Waals surface area contributed by atoms with E-state index in [0.717, 1.165) is 5.76 Å². The number of nitrogens with zero attached hydrogens (tertiary/aromatic N) is 2. The van der Waals surface area contributed by atoms with Crippen LogP contribution in [0.5, 0.6) is 0 Å². The van der Waals surface area contributed by atoms with Crippen LogP contribution in [0.15, 0.2) is 45.8 Å². The van der Waals surface area contributed by atoms with Crippen LogP contribution in [-0.2, 0) is 6.54 Å². The molecule has 0 spiro atoms. The Hall–Kier alpha value is -2.76. The number of nitrogens with one attached hydrogen (secondary N) is 1. The van der Waals surface area contributed by atoms with E-state index in [2.05, 4.69) is 9.97 Å². The van der Waals surface area contributed by atoms with E-state index in [1.165, 1.54) is 0 Å². The van der Waals surface area contributed by atoms with E-state index in [-0.39, 0.29) is 5.56 Å². The summed E-state index contributed by atoms with van der Waals surface area (Å²) in [5.41, 5.74) is 6.68. The molecule has 3 aromatic rings. The molecule has 1 aromatic carbocycles. The predicted octanol–water partition coefficient (Wildman–Crippen LogP) is 2.12. The highest BCUT2D eigenvalue weighted by atomic mass is 16.3. The smallest absolute Gasteiger partial charge is 0.260 e. The van der Waals surface area contributed by atoms with Crippen molar-refractivity contribution < 1.29 is 4.42 Å². The lowest BCUT2D eigenvalue weighted by Crippen LogP contribution is -2.26. The minimum atomic E-state index is -0.194. The molecular weight excluding hydrogens is 268 g/mol. The van der Waals surface area contributed by atoms with Crippen LogP contribution in [0.4, 0.5) is 11.6 Å². The van der Waals surface area contributed by atoms with Gasteiger partial charge in [0.2, 0.25) is 5.95 Å². The third-order valence-electron chi connectivity index (χ3n) is 3.32. The van der Waals surface area contributed by atoms with Crippen LogP contribution in [0.2, 0.25) is 0 Å². The van der Waals surface area contributed by atoms with Crippen LogP contribution in [-0.4, -0.2) is 16.5 Å². The summed E-state index contributed by atoms with van der Waals surface area (Å²) in [4.78, 5) is 21.4. The molecule has 0 aliphatic rings. The molecule has 0 amide bonds. The third-order valence-corrected chi connectivity index (χ3v) is 3.32. The first-order valence-electron chi connectivity index (χ1n) is 6.74. The van der Waals surface area contributed by atoms with Gasteiger partial charge < -0.3 is 15.1 Å². The molecule has 21 heavy (non-hydrogen) atoms. The maximum absolute atomic E-state index is 12.2. The van der Waals surface area contributed by atoms with Gasteiger partial charge in [-0.3, -0.25) is 9.78 Å². The largest absolute Gasteiger partial charge is 0.467 e. The zero-order valence-electron chi connectivity index (χ0n) is 11.7. The minimum absolute atomic E-state index is 0.194. The van der Waals surface area contributed by atoms with E-state index in [4.69, 9.17) is 10.2 Å². The predicted molar refractivity (Wildman–Crippen MR) is 82.2 cm³/mol. The molecule has 6 nitrogen and oxygen atoms in total. The Labute approximate surface area is 121 Å². The Kier molecular flexibility index (Phi) is 3.35. The summed E-state index contributed by atoms with van der Waals surface area (Å²) in [7, 11) is 0. The number of anilines is 2. The number of hydrogen-bond acceptors (Lipinski definition) is 5. The lowest BCUT2D eigenvalue weighted by atomic mass is 10.2. The van der Waals surface area contributed by atoms with Crippen molar-refractivity contribution in [3.8, 4) is 0 Å². The number of benzene rings is 1. The highest BCUT2D eigenvalue weighted by Crippen LogP contribution is 2.16. The van der Waals surface area contributed by atoms with Gasteiger partial charge in [0.1, 0.15) is 5.76 Å². The maximum atomic E-state index is 12.2. The first-order valence-corrected chi connectivity index (χ1v) is 6.74. The fraction of sp³-hybridized carbons (Fsp3) is 0.200. The molecule has 0 aliphatic heterocycles. The highest BCUT2D eigenvalue weighted by molar-refractivity contribution is 5.81. The molecule has 0 fully saturated rings. The van der Waals surface area contributed by atoms with E-state index in [1.807, 2.05) is 24.0 Å². The van der Waals surface area contributed by atoms with E-state index in [1.54, 1.807) is 24.5 Å². The Balaban J connectivity index is 2.02. The second-order valence-electron chi connectivity index (χ2n) is 4.76. The van der Waals surface area contributed by atoms with Crippen molar-refractivity contribution >= 4 is 22.5 Å². The number of rotatable bonds is 4. The third kappa shape index (κ3) is 2.60. The Bertz CT molecular complexity index is 808. The molecule has 0 radical (unpaired) electrons. The van der Waals surface area contributed by atoms with Crippen LogP contribution in [0.25, 0.3) is 10.9 Å². The molecule has 0 bridgehead atoms. The summed E-state index contributed by atoms with van der Waals surface area (Å²) >= 11 is 0. The van der Waals surface area contributed by atoms with Crippen LogP contribution >= 0.6 is 0 Å². The van der Waals surface area contributed by atoms with Crippen molar-refractivity contribution in [1.82, 2.24) is 9.97 Å². The fourth-order valence-electron chi connectivity index (χ4n) is 2.22. The summed E-state index contributed by atoms with van der Waals surface area (Å²) in [5, 5.41) is 0.493. The summed E-state index contributed by atoms with van der Waals surface area (Å²) in [6.45, 7) is 3.24. The number of H-pyrrole nitrogens is 1. The first kappa shape index (κ1) is 13.2. The molecule has 108 valence electrons. The highest BCUT2D eigenvalue weighted by Gasteiger charge is 2.12.